The molecule has 2 aromatic carbocycles. The zero-order chi connectivity index (χ0) is 40.0. The lowest BCUT2D eigenvalue weighted by molar-refractivity contribution is 0.199. The molecule has 0 amide bonds. The minimum absolute atomic E-state index is 0.0212. The van der Waals surface area contributed by atoms with Crippen LogP contribution in [0.1, 0.15) is 11.1 Å². The summed E-state index contributed by atoms with van der Waals surface area (Å²) >= 11 is 0. The average molecular weight is 773 g/mol. The molecule has 11 heteroatoms. The van der Waals surface area contributed by atoms with Crippen LogP contribution in [0.25, 0.3) is 0 Å². The lowest BCUT2D eigenvalue weighted by atomic mass is 10.2. The summed E-state index contributed by atoms with van der Waals surface area (Å²) in [5.74, 6) is 42.9. The standard InChI is InChI=1S/C44H40N2O7S2/c1-5-35-51-37-19-11-7-15-31-45(54(47,48)43-27-23-41(3)24-28-43)33-17-9-13-21-39-53-40-22-14-10-18-34-46(32-16-8-12-20-38-52-36-6-2)55(49,50)44-29-25-42(4)26-30-44/h5-6,23-30H,1-2,31-40H2,3-4H3. The number of nitrogens with zero attached hydrogens (tertiary/aromatic N) is 2. The number of benzene rings is 2. The minimum Gasteiger partial charge on any atom is -0.365 e. The molecule has 0 unspecified atom stereocenters. The van der Waals surface area contributed by atoms with Gasteiger partial charge in [0, 0.05) is 0 Å². The molecule has 0 bridgehead atoms. The van der Waals surface area contributed by atoms with Gasteiger partial charge in [-0.3, -0.25) is 0 Å². The van der Waals surface area contributed by atoms with Crippen molar-refractivity contribution < 1.29 is 31.0 Å². The van der Waals surface area contributed by atoms with Gasteiger partial charge in [0.1, 0.15) is 26.4 Å². The molecule has 9 nitrogen and oxygen atoms in total. The maximum Gasteiger partial charge on any atom is 0.244 e. The number of hydrogen-bond donors (Lipinski definition) is 0. The summed E-state index contributed by atoms with van der Waals surface area (Å²) in [5.41, 5.74) is 1.85. The highest BCUT2D eigenvalue weighted by molar-refractivity contribution is 7.89. The summed E-state index contributed by atoms with van der Waals surface area (Å²) in [6.07, 6.45) is 3.22. The van der Waals surface area contributed by atoms with Gasteiger partial charge in [-0.05, 0) is 85.5 Å². The molecule has 0 aromatic heterocycles. The van der Waals surface area contributed by atoms with Gasteiger partial charge in [-0.2, -0.15) is 8.61 Å². The Kier molecular flexibility index (Phi) is 22.1. The van der Waals surface area contributed by atoms with Gasteiger partial charge >= 0.3 is 0 Å². The summed E-state index contributed by atoms with van der Waals surface area (Å²) in [6.45, 7) is 11.5. The summed E-state index contributed by atoms with van der Waals surface area (Å²) in [5, 5.41) is 0. The molecule has 0 aliphatic rings. The Balaban J connectivity index is 1.97. The molecule has 0 saturated carbocycles. The van der Waals surface area contributed by atoms with E-state index < -0.39 is 20.0 Å². The lowest BCUT2D eigenvalue weighted by Crippen LogP contribution is -2.32. The van der Waals surface area contributed by atoms with Gasteiger partial charge in [0.05, 0.1) is 49.2 Å². The first kappa shape index (κ1) is 45.3. The van der Waals surface area contributed by atoms with E-state index >= 15 is 0 Å². The molecular formula is C44H40N2O7S2. The lowest BCUT2D eigenvalue weighted by Gasteiger charge is -2.17. The summed E-state index contributed by atoms with van der Waals surface area (Å²) in [7, 11) is -7.76. The molecule has 0 atom stereocenters. The fourth-order valence-corrected chi connectivity index (χ4v) is 6.21. The third-order valence-corrected chi connectivity index (χ3v) is 10.1. The van der Waals surface area contributed by atoms with E-state index in [1.54, 1.807) is 36.4 Å². The average Bonchev–Trinajstić information content (AvgIpc) is 3.17. The van der Waals surface area contributed by atoms with E-state index in [0.717, 1.165) is 19.7 Å². The van der Waals surface area contributed by atoms with E-state index in [0.29, 0.717) is 13.2 Å². The highest BCUT2D eigenvalue weighted by Gasteiger charge is 2.24. The third-order valence-electron chi connectivity index (χ3n) is 6.46. The van der Waals surface area contributed by atoms with Crippen molar-refractivity contribution in [2.75, 3.05) is 65.8 Å². The van der Waals surface area contributed by atoms with Crippen LogP contribution in [-0.4, -0.2) is 91.3 Å². The molecule has 0 aliphatic heterocycles. The van der Waals surface area contributed by atoms with Gasteiger partial charge in [0.25, 0.3) is 0 Å². The zero-order valence-corrected chi connectivity index (χ0v) is 32.5. The summed E-state index contributed by atoms with van der Waals surface area (Å²) < 4.78 is 71.0. The Labute approximate surface area is 327 Å². The van der Waals surface area contributed by atoms with Crippen molar-refractivity contribution in [3.05, 3.63) is 85.0 Å². The van der Waals surface area contributed by atoms with E-state index in [-0.39, 0.29) is 62.4 Å². The van der Waals surface area contributed by atoms with Crippen LogP contribution < -0.4 is 0 Å². The smallest absolute Gasteiger partial charge is 0.244 e. The molecule has 0 spiro atoms. The second-order valence-electron chi connectivity index (χ2n) is 10.7. The maximum atomic E-state index is 13.3. The minimum atomic E-state index is -3.88. The Morgan fingerprint density at radius 1 is 0.473 bits per heavy atom. The Morgan fingerprint density at radius 2 is 0.745 bits per heavy atom. The Morgan fingerprint density at radius 3 is 1.04 bits per heavy atom. The van der Waals surface area contributed by atoms with E-state index in [2.05, 4.69) is 108 Å². The number of aryl methyl sites for hydroxylation is 2. The first-order valence-corrected chi connectivity index (χ1v) is 19.4. The topological polar surface area (TPSA) is 102 Å². The number of ether oxygens (including phenoxy) is 3. The second-order valence-corrected chi connectivity index (χ2v) is 14.6. The SMILES string of the molecule is C=CCOCC#CC#CCN(CC#CC#CCOCC#CC#CCN(CC#CC#CCOCC=C)S(=O)(=O)c1ccc(C)cc1)S(=O)(=O)c1ccc(C)cc1. The monoisotopic (exact) mass is 772 g/mol. The molecule has 0 N–H and O–H groups in total. The zero-order valence-electron chi connectivity index (χ0n) is 30.8. The van der Waals surface area contributed by atoms with E-state index in [4.69, 9.17) is 14.2 Å². The first-order chi connectivity index (χ1) is 26.6. The molecule has 0 radical (unpaired) electrons. The Hall–Kier alpha value is -5.90. The molecule has 55 heavy (non-hydrogen) atoms. The summed E-state index contributed by atoms with van der Waals surface area (Å²) in [4.78, 5) is 0.246. The molecule has 0 heterocycles. The van der Waals surface area contributed by atoms with Gasteiger partial charge < -0.3 is 14.2 Å². The van der Waals surface area contributed by atoms with Gasteiger partial charge in [-0.15, -0.1) is 13.2 Å². The van der Waals surface area contributed by atoms with Crippen LogP contribution in [0.3, 0.4) is 0 Å². The first-order valence-electron chi connectivity index (χ1n) is 16.5. The molecule has 0 fully saturated rings. The second kappa shape index (κ2) is 26.8. The maximum absolute atomic E-state index is 13.3. The van der Waals surface area contributed by atoms with Crippen molar-refractivity contribution in [3.8, 4) is 94.7 Å². The van der Waals surface area contributed by atoms with Crippen LogP contribution in [0, 0.1) is 109 Å². The van der Waals surface area contributed by atoms with Crippen LogP contribution >= 0.6 is 0 Å². The van der Waals surface area contributed by atoms with Crippen molar-refractivity contribution in [3.63, 3.8) is 0 Å². The van der Waals surface area contributed by atoms with Crippen molar-refractivity contribution >= 4 is 20.0 Å². The highest BCUT2D eigenvalue weighted by Crippen LogP contribution is 2.17. The van der Waals surface area contributed by atoms with E-state index in [1.165, 1.54) is 24.3 Å². The van der Waals surface area contributed by atoms with Gasteiger partial charge in [-0.1, -0.05) is 94.9 Å². The molecule has 2 aromatic rings. The number of hydrogen-bond acceptors (Lipinski definition) is 7. The van der Waals surface area contributed by atoms with Gasteiger partial charge in [0.2, 0.25) is 20.0 Å². The van der Waals surface area contributed by atoms with Crippen LogP contribution in [-0.2, 0) is 34.3 Å². The van der Waals surface area contributed by atoms with Crippen LogP contribution in [0.2, 0.25) is 0 Å². The quantitative estimate of drug-likeness (QED) is 0.147. The fraction of sp³-hybridized carbons (Fsp3) is 0.273. The Bertz CT molecular complexity index is 2180. The summed E-state index contributed by atoms with van der Waals surface area (Å²) in [6, 6.07) is 13.0. The number of rotatable bonds is 16. The van der Waals surface area contributed by atoms with Gasteiger partial charge in [-0.25, -0.2) is 16.8 Å². The van der Waals surface area contributed by atoms with Crippen LogP contribution in [0.5, 0.6) is 0 Å². The van der Waals surface area contributed by atoms with Crippen molar-refractivity contribution in [1.82, 2.24) is 8.61 Å². The van der Waals surface area contributed by atoms with E-state index in [9.17, 15) is 16.8 Å². The van der Waals surface area contributed by atoms with E-state index in [1.807, 2.05) is 13.8 Å². The van der Waals surface area contributed by atoms with Crippen LogP contribution in [0.15, 0.2) is 83.6 Å². The largest absolute Gasteiger partial charge is 0.365 e. The molecular weight excluding hydrogens is 733 g/mol. The molecule has 0 saturated heterocycles. The molecule has 280 valence electrons. The fourth-order valence-electron chi connectivity index (χ4n) is 3.72. The van der Waals surface area contributed by atoms with Crippen molar-refractivity contribution in [2.24, 2.45) is 0 Å². The van der Waals surface area contributed by atoms with Crippen LogP contribution in [0.4, 0.5) is 0 Å². The van der Waals surface area contributed by atoms with Crippen molar-refractivity contribution in [1.29, 1.82) is 0 Å². The predicted molar refractivity (Wildman–Crippen MR) is 215 cm³/mol. The normalized spacial score (nSPS) is 9.82. The third kappa shape index (κ3) is 18.6. The molecule has 0 aliphatic carbocycles. The molecule has 2 rings (SSSR count). The number of sulfonamides is 2. The highest BCUT2D eigenvalue weighted by atomic mass is 32.2. The van der Waals surface area contributed by atoms with Crippen molar-refractivity contribution in [2.45, 2.75) is 23.6 Å². The predicted octanol–water partition coefficient (Wildman–Crippen LogP) is 3.43. The van der Waals surface area contributed by atoms with Gasteiger partial charge in [0.15, 0.2) is 0 Å².